The zero-order chi connectivity index (χ0) is 21.9. The third-order valence-electron chi connectivity index (χ3n) is 6.28. The van der Waals surface area contributed by atoms with E-state index in [0.29, 0.717) is 0 Å². The van der Waals surface area contributed by atoms with Crippen molar-refractivity contribution in [3.63, 3.8) is 0 Å². The molecular formula is C25H28ClN5O. The van der Waals surface area contributed by atoms with Gasteiger partial charge in [-0.3, -0.25) is 4.90 Å². The van der Waals surface area contributed by atoms with E-state index in [1.165, 1.54) is 16.8 Å². The number of fused-ring (bicyclic) bond motifs is 1. The standard InChI is InChI=1S/C25H28ClN5O/c1-32-24-8-3-2-7-23(24)30-11-13-31(14-12-30)25-27-16-20-18-29(10-9-22(20)28-25)17-19-5-4-6-21(26)15-19/h2-8,15-16H,9-14,17-18H2,1H3. The number of ether oxygens (including phenoxy) is 1. The predicted molar refractivity (Wildman–Crippen MR) is 129 cm³/mol. The molecular weight excluding hydrogens is 422 g/mol. The maximum absolute atomic E-state index is 6.14. The molecule has 0 N–H and O–H groups in total. The maximum atomic E-state index is 6.14. The molecule has 0 spiro atoms. The molecule has 0 saturated carbocycles. The summed E-state index contributed by atoms with van der Waals surface area (Å²) in [6.45, 7) is 6.42. The fourth-order valence-electron chi connectivity index (χ4n) is 4.58. The van der Waals surface area contributed by atoms with E-state index in [0.717, 1.165) is 74.6 Å². The summed E-state index contributed by atoms with van der Waals surface area (Å²) in [6.07, 6.45) is 2.97. The minimum Gasteiger partial charge on any atom is -0.495 e. The number of anilines is 2. The minimum atomic E-state index is 0.790. The summed E-state index contributed by atoms with van der Waals surface area (Å²) < 4.78 is 5.53. The number of halogens is 1. The van der Waals surface area contributed by atoms with Crippen LogP contribution in [0.4, 0.5) is 11.6 Å². The van der Waals surface area contributed by atoms with Gasteiger partial charge in [0.05, 0.1) is 18.5 Å². The number of methoxy groups -OCH3 is 1. The highest BCUT2D eigenvalue weighted by molar-refractivity contribution is 6.30. The number of hydrogen-bond donors (Lipinski definition) is 0. The molecule has 0 aliphatic carbocycles. The van der Waals surface area contributed by atoms with Gasteiger partial charge in [0.2, 0.25) is 5.95 Å². The van der Waals surface area contributed by atoms with Crippen LogP contribution < -0.4 is 14.5 Å². The molecule has 7 heteroatoms. The zero-order valence-electron chi connectivity index (χ0n) is 18.4. The summed E-state index contributed by atoms with van der Waals surface area (Å²) >= 11 is 6.14. The number of para-hydroxylation sites is 2. The Kier molecular flexibility index (Phi) is 6.14. The molecule has 3 aromatic rings. The summed E-state index contributed by atoms with van der Waals surface area (Å²) in [5.74, 6) is 1.78. The van der Waals surface area contributed by atoms with Crippen LogP contribution in [0.3, 0.4) is 0 Å². The molecule has 1 fully saturated rings. The summed E-state index contributed by atoms with van der Waals surface area (Å²) in [7, 11) is 1.73. The lowest BCUT2D eigenvalue weighted by Gasteiger charge is -2.37. The number of hydrogen-bond acceptors (Lipinski definition) is 6. The smallest absolute Gasteiger partial charge is 0.225 e. The first-order valence-electron chi connectivity index (χ1n) is 11.1. The van der Waals surface area contributed by atoms with Crippen LogP contribution in [0, 0.1) is 0 Å². The minimum absolute atomic E-state index is 0.790. The Labute approximate surface area is 194 Å². The second-order valence-corrected chi connectivity index (χ2v) is 8.81. The first-order valence-corrected chi connectivity index (χ1v) is 11.5. The number of aromatic nitrogens is 2. The average molecular weight is 450 g/mol. The van der Waals surface area contributed by atoms with E-state index in [2.05, 4.69) is 32.9 Å². The van der Waals surface area contributed by atoms with Crippen molar-refractivity contribution in [3.8, 4) is 5.75 Å². The first-order chi connectivity index (χ1) is 15.7. The van der Waals surface area contributed by atoms with E-state index in [1.54, 1.807) is 7.11 Å². The van der Waals surface area contributed by atoms with Crippen LogP contribution in [0.5, 0.6) is 5.75 Å². The molecule has 6 nitrogen and oxygen atoms in total. The van der Waals surface area contributed by atoms with E-state index >= 15 is 0 Å². The van der Waals surface area contributed by atoms with Gasteiger partial charge in [0.15, 0.2) is 0 Å². The Bertz CT molecular complexity index is 1080. The normalized spacial score (nSPS) is 16.7. The number of piperazine rings is 1. The SMILES string of the molecule is COc1ccccc1N1CCN(c2ncc3c(n2)CCN(Cc2cccc(Cl)c2)C3)CC1. The van der Waals surface area contributed by atoms with Crippen molar-refractivity contribution in [2.24, 2.45) is 0 Å². The Balaban J connectivity index is 1.22. The van der Waals surface area contributed by atoms with Crippen LogP contribution in [0.15, 0.2) is 54.7 Å². The van der Waals surface area contributed by atoms with Crippen molar-refractivity contribution in [1.82, 2.24) is 14.9 Å². The van der Waals surface area contributed by atoms with Gasteiger partial charge in [0.1, 0.15) is 5.75 Å². The Hall–Kier alpha value is -2.83. The van der Waals surface area contributed by atoms with E-state index in [1.807, 2.05) is 36.5 Å². The molecule has 0 atom stereocenters. The molecule has 2 aromatic carbocycles. The molecule has 0 radical (unpaired) electrons. The molecule has 0 unspecified atom stereocenters. The molecule has 32 heavy (non-hydrogen) atoms. The van der Waals surface area contributed by atoms with Crippen LogP contribution >= 0.6 is 11.6 Å². The Morgan fingerprint density at radius 1 is 0.969 bits per heavy atom. The lowest BCUT2D eigenvalue weighted by atomic mass is 10.1. The van der Waals surface area contributed by atoms with Crippen molar-refractivity contribution in [2.75, 3.05) is 49.6 Å². The molecule has 1 saturated heterocycles. The van der Waals surface area contributed by atoms with Crippen LogP contribution in [-0.4, -0.2) is 54.7 Å². The number of nitrogens with zero attached hydrogens (tertiary/aromatic N) is 5. The zero-order valence-corrected chi connectivity index (χ0v) is 19.1. The highest BCUT2D eigenvalue weighted by Gasteiger charge is 2.24. The second-order valence-electron chi connectivity index (χ2n) is 8.38. The lowest BCUT2D eigenvalue weighted by molar-refractivity contribution is 0.243. The fourth-order valence-corrected chi connectivity index (χ4v) is 4.80. The van der Waals surface area contributed by atoms with Gasteiger partial charge in [-0.15, -0.1) is 0 Å². The van der Waals surface area contributed by atoms with Gasteiger partial charge in [0, 0.05) is 69.0 Å². The van der Waals surface area contributed by atoms with Crippen molar-refractivity contribution >= 4 is 23.2 Å². The van der Waals surface area contributed by atoms with Gasteiger partial charge in [0.25, 0.3) is 0 Å². The predicted octanol–water partition coefficient (Wildman–Crippen LogP) is 4.02. The number of benzene rings is 2. The van der Waals surface area contributed by atoms with Crippen molar-refractivity contribution < 1.29 is 4.74 Å². The Morgan fingerprint density at radius 2 is 1.78 bits per heavy atom. The van der Waals surface area contributed by atoms with Gasteiger partial charge < -0.3 is 14.5 Å². The average Bonchev–Trinajstić information content (AvgIpc) is 2.84. The summed E-state index contributed by atoms with van der Waals surface area (Å²) in [5, 5.41) is 0.790. The van der Waals surface area contributed by atoms with E-state index in [9.17, 15) is 0 Å². The monoisotopic (exact) mass is 449 g/mol. The van der Waals surface area contributed by atoms with Crippen LogP contribution in [0.1, 0.15) is 16.8 Å². The summed E-state index contributed by atoms with van der Waals surface area (Å²) in [6, 6.07) is 16.3. The quantitative estimate of drug-likeness (QED) is 0.586. The summed E-state index contributed by atoms with van der Waals surface area (Å²) in [4.78, 5) is 16.8. The largest absolute Gasteiger partial charge is 0.495 e. The van der Waals surface area contributed by atoms with E-state index < -0.39 is 0 Å². The van der Waals surface area contributed by atoms with Gasteiger partial charge in [-0.05, 0) is 29.8 Å². The Morgan fingerprint density at radius 3 is 2.59 bits per heavy atom. The van der Waals surface area contributed by atoms with Crippen molar-refractivity contribution in [3.05, 3.63) is 76.6 Å². The van der Waals surface area contributed by atoms with Crippen molar-refractivity contribution in [2.45, 2.75) is 19.5 Å². The van der Waals surface area contributed by atoms with Crippen LogP contribution in [0.2, 0.25) is 5.02 Å². The highest BCUT2D eigenvalue weighted by Crippen LogP contribution is 2.29. The van der Waals surface area contributed by atoms with Crippen LogP contribution in [-0.2, 0) is 19.5 Å². The maximum Gasteiger partial charge on any atom is 0.225 e. The third-order valence-corrected chi connectivity index (χ3v) is 6.52. The molecule has 2 aliphatic heterocycles. The molecule has 0 bridgehead atoms. The van der Waals surface area contributed by atoms with Gasteiger partial charge >= 0.3 is 0 Å². The van der Waals surface area contributed by atoms with E-state index in [4.69, 9.17) is 26.3 Å². The topological polar surface area (TPSA) is 44.7 Å². The van der Waals surface area contributed by atoms with Gasteiger partial charge in [-0.25, -0.2) is 9.97 Å². The highest BCUT2D eigenvalue weighted by atomic mass is 35.5. The second kappa shape index (κ2) is 9.35. The van der Waals surface area contributed by atoms with Gasteiger partial charge in [-0.2, -0.15) is 0 Å². The molecule has 5 rings (SSSR count). The third kappa shape index (κ3) is 4.52. The molecule has 1 aromatic heterocycles. The first kappa shape index (κ1) is 21.0. The number of rotatable bonds is 5. The van der Waals surface area contributed by atoms with Crippen molar-refractivity contribution in [1.29, 1.82) is 0 Å². The summed E-state index contributed by atoms with van der Waals surface area (Å²) in [5.41, 5.74) is 4.81. The lowest BCUT2D eigenvalue weighted by Crippen LogP contribution is -2.47. The molecule has 166 valence electrons. The van der Waals surface area contributed by atoms with Gasteiger partial charge in [-0.1, -0.05) is 35.9 Å². The fraction of sp³-hybridized carbons (Fsp3) is 0.360. The van der Waals surface area contributed by atoms with Crippen LogP contribution in [0.25, 0.3) is 0 Å². The molecule has 0 amide bonds. The molecule has 3 heterocycles. The molecule has 2 aliphatic rings. The van der Waals surface area contributed by atoms with E-state index in [-0.39, 0.29) is 0 Å².